The van der Waals surface area contributed by atoms with Crippen LogP contribution < -0.4 is 5.56 Å². The number of halogens is 3. The smallest absolute Gasteiger partial charge is 0.337 e. The van der Waals surface area contributed by atoms with Gasteiger partial charge in [-0.1, -0.05) is 35.5 Å². The Hall–Kier alpha value is -2.57. The predicted octanol–water partition coefficient (Wildman–Crippen LogP) is 3.20. The van der Waals surface area contributed by atoms with E-state index in [1.54, 1.807) is 30.3 Å². The summed E-state index contributed by atoms with van der Waals surface area (Å²) < 4.78 is 44.0. The van der Waals surface area contributed by atoms with Crippen molar-refractivity contribution < 1.29 is 17.7 Å². The molecule has 4 nitrogen and oxygen atoms in total. The third-order valence-corrected chi connectivity index (χ3v) is 2.83. The summed E-state index contributed by atoms with van der Waals surface area (Å²) in [6, 6.07) is 8.82. The van der Waals surface area contributed by atoms with Crippen molar-refractivity contribution >= 4 is 11.1 Å². The highest BCUT2D eigenvalue weighted by Crippen LogP contribution is 2.37. The van der Waals surface area contributed by atoms with Gasteiger partial charge in [-0.15, -0.1) is 0 Å². The number of aromatic nitrogens is 2. The second kappa shape index (κ2) is 4.22. The summed E-state index contributed by atoms with van der Waals surface area (Å²) in [5.74, 6) is 0. The van der Waals surface area contributed by atoms with Crippen LogP contribution in [0.5, 0.6) is 0 Å². The summed E-state index contributed by atoms with van der Waals surface area (Å²) in [5.41, 5.74) is -1.71. The van der Waals surface area contributed by atoms with E-state index in [9.17, 15) is 18.0 Å². The highest BCUT2D eigenvalue weighted by molar-refractivity contribution is 5.92. The number of pyridine rings is 1. The molecule has 0 atom stereocenters. The SMILES string of the molecule is O=c1cc(C(F)(F)F)c2c(-c3ccccc3)noc2[nH]1. The Balaban J connectivity index is 2.39. The van der Waals surface area contributed by atoms with Gasteiger partial charge in [-0.25, -0.2) is 0 Å². The predicted molar refractivity (Wildman–Crippen MR) is 65.1 cm³/mol. The van der Waals surface area contributed by atoms with Gasteiger partial charge in [-0.2, -0.15) is 13.2 Å². The van der Waals surface area contributed by atoms with E-state index in [0.717, 1.165) is 0 Å². The molecule has 0 saturated heterocycles. The van der Waals surface area contributed by atoms with Gasteiger partial charge in [0.15, 0.2) is 0 Å². The van der Waals surface area contributed by atoms with Crippen molar-refractivity contribution in [1.82, 2.24) is 10.1 Å². The van der Waals surface area contributed by atoms with Gasteiger partial charge >= 0.3 is 6.18 Å². The molecule has 0 aliphatic carbocycles. The first-order valence-corrected chi connectivity index (χ1v) is 5.62. The molecule has 1 aromatic carbocycles. The van der Waals surface area contributed by atoms with Crippen molar-refractivity contribution in [1.29, 1.82) is 0 Å². The van der Waals surface area contributed by atoms with Crippen LogP contribution in [0.2, 0.25) is 0 Å². The van der Waals surface area contributed by atoms with Gasteiger partial charge < -0.3 is 4.52 Å². The number of aromatic amines is 1. The zero-order valence-electron chi connectivity index (χ0n) is 9.86. The Bertz CT molecular complexity index is 819. The van der Waals surface area contributed by atoms with E-state index in [0.29, 0.717) is 11.6 Å². The summed E-state index contributed by atoms with van der Waals surface area (Å²) in [5, 5.41) is 3.39. The fourth-order valence-corrected chi connectivity index (χ4v) is 1.99. The first kappa shape index (κ1) is 12.5. The number of hydrogen-bond donors (Lipinski definition) is 1. The molecule has 3 rings (SSSR count). The average Bonchev–Trinajstić information content (AvgIpc) is 2.81. The summed E-state index contributed by atoms with van der Waals surface area (Å²) >= 11 is 0. The molecule has 0 spiro atoms. The minimum absolute atomic E-state index is 0.0455. The molecule has 0 amide bonds. The summed E-state index contributed by atoms with van der Waals surface area (Å²) in [6.07, 6.45) is -4.67. The maximum atomic E-state index is 13.0. The largest absolute Gasteiger partial charge is 0.417 e. The standard InChI is InChI=1S/C13H7F3N2O2/c14-13(15,16)8-6-9(19)17-12-10(8)11(18-20-12)7-4-2-1-3-5-7/h1-6H,(H,17,19). The Kier molecular flexibility index (Phi) is 2.63. The Labute approximate surface area is 109 Å². The minimum Gasteiger partial charge on any atom is -0.337 e. The Morgan fingerprint density at radius 2 is 1.85 bits per heavy atom. The van der Waals surface area contributed by atoms with Gasteiger partial charge in [0, 0.05) is 11.6 Å². The summed E-state index contributed by atoms with van der Waals surface area (Å²) in [7, 11) is 0. The number of H-pyrrole nitrogens is 1. The van der Waals surface area contributed by atoms with Crippen molar-refractivity contribution in [3.05, 3.63) is 52.3 Å². The maximum Gasteiger partial charge on any atom is 0.417 e. The van der Waals surface area contributed by atoms with Crippen molar-refractivity contribution in [2.75, 3.05) is 0 Å². The van der Waals surface area contributed by atoms with E-state index in [1.807, 2.05) is 0 Å². The van der Waals surface area contributed by atoms with E-state index < -0.39 is 17.3 Å². The van der Waals surface area contributed by atoms with Crippen molar-refractivity contribution in [3.63, 3.8) is 0 Å². The molecule has 7 heteroatoms. The monoisotopic (exact) mass is 280 g/mol. The molecule has 1 N–H and O–H groups in total. The van der Waals surface area contributed by atoms with E-state index in [4.69, 9.17) is 4.52 Å². The molecule has 0 bridgehead atoms. The first-order valence-electron chi connectivity index (χ1n) is 5.62. The third kappa shape index (κ3) is 1.97. The zero-order chi connectivity index (χ0) is 14.3. The molecule has 0 aliphatic heterocycles. The van der Waals surface area contributed by atoms with E-state index >= 15 is 0 Å². The number of nitrogens with one attached hydrogen (secondary N) is 1. The number of benzene rings is 1. The number of alkyl halides is 3. The molecule has 3 aromatic rings. The minimum atomic E-state index is -4.67. The average molecular weight is 280 g/mol. The van der Waals surface area contributed by atoms with E-state index in [1.165, 1.54) is 0 Å². The highest BCUT2D eigenvalue weighted by atomic mass is 19.4. The van der Waals surface area contributed by atoms with Gasteiger partial charge in [0.2, 0.25) is 5.71 Å². The molecule has 0 aliphatic rings. The molecule has 0 saturated carbocycles. The molecular formula is C13H7F3N2O2. The molecule has 0 unspecified atom stereocenters. The summed E-state index contributed by atoms with van der Waals surface area (Å²) in [6.45, 7) is 0. The molecule has 102 valence electrons. The molecular weight excluding hydrogens is 273 g/mol. The normalized spacial score (nSPS) is 11.9. The fourth-order valence-electron chi connectivity index (χ4n) is 1.99. The molecule has 2 heterocycles. The van der Waals surface area contributed by atoms with Crippen LogP contribution in [0, 0.1) is 0 Å². The van der Waals surface area contributed by atoms with Gasteiger partial charge in [0.1, 0.15) is 5.69 Å². The molecule has 0 fully saturated rings. The van der Waals surface area contributed by atoms with Gasteiger partial charge in [-0.05, 0) is 0 Å². The van der Waals surface area contributed by atoms with Crippen LogP contribution in [0.3, 0.4) is 0 Å². The number of fused-ring (bicyclic) bond motifs is 1. The van der Waals surface area contributed by atoms with Crippen LogP contribution in [0.1, 0.15) is 5.56 Å². The van der Waals surface area contributed by atoms with Crippen LogP contribution in [-0.4, -0.2) is 10.1 Å². The second-order valence-electron chi connectivity index (χ2n) is 4.15. The lowest BCUT2D eigenvalue weighted by molar-refractivity contribution is -0.136. The van der Waals surface area contributed by atoms with Crippen LogP contribution in [-0.2, 0) is 6.18 Å². The quantitative estimate of drug-likeness (QED) is 0.744. The highest BCUT2D eigenvalue weighted by Gasteiger charge is 2.36. The third-order valence-electron chi connectivity index (χ3n) is 2.83. The summed E-state index contributed by atoms with van der Waals surface area (Å²) in [4.78, 5) is 13.5. The van der Waals surface area contributed by atoms with E-state index in [2.05, 4.69) is 10.1 Å². The van der Waals surface area contributed by atoms with Crippen molar-refractivity contribution in [2.24, 2.45) is 0 Å². The van der Waals surface area contributed by atoms with E-state index in [-0.39, 0.29) is 16.8 Å². The topological polar surface area (TPSA) is 58.9 Å². The van der Waals surface area contributed by atoms with Crippen LogP contribution >= 0.6 is 0 Å². The van der Waals surface area contributed by atoms with Gasteiger partial charge in [0.05, 0.1) is 10.9 Å². The lowest BCUT2D eigenvalue weighted by Gasteiger charge is -2.07. The van der Waals surface area contributed by atoms with Gasteiger partial charge in [0.25, 0.3) is 5.56 Å². The molecule has 2 aromatic heterocycles. The Morgan fingerprint density at radius 1 is 1.15 bits per heavy atom. The number of rotatable bonds is 1. The van der Waals surface area contributed by atoms with Crippen LogP contribution in [0.15, 0.2) is 45.7 Å². The van der Waals surface area contributed by atoms with Crippen molar-refractivity contribution in [3.8, 4) is 11.3 Å². The second-order valence-corrected chi connectivity index (χ2v) is 4.15. The van der Waals surface area contributed by atoms with Gasteiger partial charge in [-0.3, -0.25) is 9.78 Å². The lowest BCUT2D eigenvalue weighted by Crippen LogP contribution is -2.13. The van der Waals surface area contributed by atoms with Crippen LogP contribution in [0.4, 0.5) is 13.2 Å². The molecule has 0 radical (unpaired) electrons. The zero-order valence-corrected chi connectivity index (χ0v) is 9.86. The van der Waals surface area contributed by atoms with Crippen molar-refractivity contribution in [2.45, 2.75) is 6.18 Å². The number of nitrogens with zero attached hydrogens (tertiary/aromatic N) is 1. The number of hydrogen-bond acceptors (Lipinski definition) is 3. The maximum absolute atomic E-state index is 13.0. The fraction of sp³-hybridized carbons (Fsp3) is 0.0769. The lowest BCUT2D eigenvalue weighted by atomic mass is 10.1. The first-order chi connectivity index (χ1) is 9.47. The Morgan fingerprint density at radius 3 is 2.50 bits per heavy atom. The van der Waals surface area contributed by atoms with Crippen LogP contribution in [0.25, 0.3) is 22.4 Å². The molecule has 20 heavy (non-hydrogen) atoms.